The van der Waals surface area contributed by atoms with E-state index in [1.807, 2.05) is 21.0 Å². The summed E-state index contributed by atoms with van der Waals surface area (Å²) in [7, 11) is 4.05. The Hall–Kier alpha value is -0.610. The lowest BCUT2D eigenvalue weighted by molar-refractivity contribution is -0.122. The van der Waals surface area contributed by atoms with Crippen LogP contribution in [0.1, 0.15) is 27.2 Å². The Balaban J connectivity index is 4.05. The number of hydrogen-bond donors (Lipinski definition) is 2. The molecule has 0 rings (SSSR count). The number of rotatable bonds is 6. The van der Waals surface area contributed by atoms with Crippen LogP contribution >= 0.6 is 0 Å². The Morgan fingerprint density at radius 1 is 1.40 bits per heavy atom. The number of hydrogen-bond acceptors (Lipinski definition) is 3. The normalized spacial score (nSPS) is 15.5. The molecule has 0 saturated carbocycles. The van der Waals surface area contributed by atoms with E-state index in [1.54, 1.807) is 0 Å². The summed E-state index contributed by atoms with van der Waals surface area (Å²) >= 11 is 0. The SMILES string of the molecule is CCC(N)C(=O)NCC(C(C)C)N(C)C. The van der Waals surface area contributed by atoms with Crippen molar-refractivity contribution in [3.63, 3.8) is 0 Å². The average molecular weight is 215 g/mol. The van der Waals surface area contributed by atoms with Gasteiger partial charge in [0.1, 0.15) is 0 Å². The smallest absolute Gasteiger partial charge is 0.236 e. The van der Waals surface area contributed by atoms with Crippen molar-refractivity contribution < 1.29 is 4.79 Å². The number of nitrogens with one attached hydrogen (secondary N) is 1. The molecule has 4 heteroatoms. The van der Waals surface area contributed by atoms with Gasteiger partial charge in [-0.2, -0.15) is 0 Å². The standard InChI is InChI=1S/C11H25N3O/c1-6-9(12)11(15)13-7-10(8(2)3)14(4)5/h8-10H,6-7,12H2,1-5H3,(H,13,15). The van der Waals surface area contributed by atoms with Gasteiger partial charge >= 0.3 is 0 Å². The zero-order valence-electron chi connectivity index (χ0n) is 10.6. The lowest BCUT2D eigenvalue weighted by atomic mass is 10.0. The summed E-state index contributed by atoms with van der Waals surface area (Å²) in [5.74, 6) is 0.461. The highest BCUT2D eigenvalue weighted by Gasteiger charge is 2.18. The predicted octanol–water partition coefficient (Wildman–Crippen LogP) is 0.426. The fraction of sp³-hybridized carbons (Fsp3) is 0.909. The highest BCUT2D eigenvalue weighted by atomic mass is 16.2. The highest BCUT2D eigenvalue weighted by molar-refractivity contribution is 5.81. The minimum Gasteiger partial charge on any atom is -0.353 e. The van der Waals surface area contributed by atoms with Crippen molar-refractivity contribution in [2.24, 2.45) is 11.7 Å². The number of carbonyl (C=O) groups excluding carboxylic acids is 1. The average Bonchev–Trinajstić information content (AvgIpc) is 2.15. The minimum absolute atomic E-state index is 0.0509. The fourth-order valence-electron chi connectivity index (χ4n) is 1.54. The molecule has 3 N–H and O–H groups in total. The van der Waals surface area contributed by atoms with Gasteiger partial charge in [0.15, 0.2) is 0 Å². The zero-order chi connectivity index (χ0) is 12.0. The largest absolute Gasteiger partial charge is 0.353 e. The van der Waals surface area contributed by atoms with E-state index >= 15 is 0 Å². The number of carbonyl (C=O) groups is 1. The quantitative estimate of drug-likeness (QED) is 0.675. The van der Waals surface area contributed by atoms with Gasteiger partial charge in [0, 0.05) is 12.6 Å². The molecule has 0 saturated heterocycles. The number of nitrogens with two attached hydrogens (primary N) is 1. The van der Waals surface area contributed by atoms with E-state index in [-0.39, 0.29) is 11.9 Å². The molecule has 90 valence electrons. The second-order valence-corrected chi connectivity index (χ2v) is 4.53. The third-order valence-electron chi connectivity index (χ3n) is 2.69. The Bertz CT molecular complexity index is 184. The van der Waals surface area contributed by atoms with Gasteiger partial charge in [0.2, 0.25) is 5.91 Å². The van der Waals surface area contributed by atoms with Crippen molar-refractivity contribution >= 4 is 5.91 Å². The summed E-state index contributed by atoms with van der Waals surface area (Å²) in [5.41, 5.74) is 5.63. The molecule has 15 heavy (non-hydrogen) atoms. The second-order valence-electron chi connectivity index (χ2n) is 4.53. The predicted molar refractivity (Wildman–Crippen MR) is 63.6 cm³/mol. The van der Waals surface area contributed by atoms with E-state index in [1.165, 1.54) is 0 Å². The van der Waals surface area contributed by atoms with Crippen molar-refractivity contribution in [3.8, 4) is 0 Å². The number of likely N-dealkylation sites (N-methyl/N-ethyl adjacent to an activating group) is 1. The molecule has 2 atom stereocenters. The maximum atomic E-state index is 11.5. The molecule has 0 spiro atoms. The molecule has 0 radical (unpaired) electrons. The molecular weight excluding hydrogens is 190 g/mol. The molecule has 1 amide bonds. The van der Waals surface area contributed by atoms with Crippen LogP contribution in [0, 0.1) is 5.92 Å². The molecule has 4 nitrogen and oxygen atoms in total. The molecule has 0 aromatic heterocycles. The lowest BCUT2D eigenvalue weighted by Crippen LogP contribution is -2.47. The molecule has 0 aromatic rings. The van der Waals surface area contributed by atoms with Crippen LogP contribution in [0.4, 0.5) is 0 Å². The van der Waals surface area contributed by atoms with E-state index in [9.17, 15) is 4.79 Å². The van der Waals surface area contributed by atoms with Gasteiger partial charge < -0.3 is 16.0 Å². The summed E-state index contributed by atoms with van der Waals surface area (Å²) in [6, 6.07) is -0.0158. The van der Waals surface area contributed by atoms with E-state index < -0.39 is 0 Å². The Kier molecular flexibility index (Phi) is 6.52. The molecule has 0 bridgehead atoms. The molecule has 0 fully saturated rings. The molecule has 2 unspecified atom stereocenters. The van der Waals surface area contributed by atoms with Crippen LogP contribution in [0.15, 0.2) is 0 Å². The third kappa shape index (κ3) is 5.14. The summed E-state index contributed by atoms with van der Waals surface area (Å²) in [5, 5.41) is 2.89. The zero-order valence-corrected chi connectivity index (χ0v) is 10.6. The van der Waals surface area contributed by atoms with Crippen molar-refractivity contribution in [2.45, 2.75) is 39.3 Å². The maximum absolute atomic E-state index is 11.5. The van der Waals surface area contributed by atoms with Crippen molar-refractivity contribution in [1.29, 1.82) is 0 Å². The van der Waals surface area contributed by atoms with Gasteiger partial charge in [-0.15, -0.1) is 0 Å². The first-order valence-corrected chi connectivity index (χ1v) is 5.59. The molecule has 0 heterocycles. The Morgan fingerprint density at radius 2 is 1.93 bits per heavy atom. The molecule has 0 aliphatic heterocycles. The van der Waals surface area contributed by atoms with Crippen molar-refractivity contribution in [3.05, 3.63) is 0 Å². The van der Waals surface area contributed by atoms with Gasteiger partial charge in [-0.3, -0.25) is 4.79 Å². The molecule has 0 aromatic carbocycles. The van der Waals surface area contributed by atoms with Gasteiger partial charge in [0.25, 0.3) is 0 Å². The van der Waals surface area contributed by atoms with E-state index in [0.29, 0.717) is 24.9 Å². The third-order valence-corrected chi connectivity index (χ3v) is 2.69. The van der Waals surface area contributed by atoms with Crippen LogP contribution in [0.2, 0.25) is 0 Å². The Labute approximate surface area is 93.2 Å². The lowest BCUT2D eigenvalue weighted by Gasteiger charge is -2.28. The van der Waals surface area contributed by atoms with Crippen LogP contribution in [0.3, 0.4) is 0 Å². The summed E-state index contributed by atoms with van der Waals surface area (Å²) < 4.78 is 0. The minimum atomic E-state index is -0.375. The first-order chi connectivity index (χ1) is 6.90. The first-order valence-electron chi connectivity index (χ1n) is 5.59. The van der Waals surface area contributed by atoms with Crippen LogP contribution < -0.4 is 11.1 Å². The van der Waals surface area contributed by atoms with Crippen LogP contribution in [0.5, 0.6) is 0 Å². The summed E-state index contributed by atoms with van der Waals surface area (Å²) in [6.07, 6.45) is 0.681. The summed E-state index contributed by atoms with van der Waals surface area (Å²) in [4.78, 5) is 13.6. The van der Waals surface area contributed by atoms with Crippen LogP contribution in [-0.2, 0) is 4.79 Å². The van der Waals surface area contributed by atoms with E-state index in [2.05, 4.69) is 24.1 Å². The van der Waals surface area contributed by atoms with Gasteiger partial charge in [-0.25, -0.2) is 0 Å². The molecule has 0 aliphatic carbocycles. The topological polar surface area (TPSA) is 58.4 Å². The van der Waals surface area contributed by atoms with Crippen molar-refractivity contribution in [1.82, 2.24) is 10.2 Å². The Morgan fingerprint density at radius 3 is 2.27 bits per heavy atom. The maximum Gasteiger partial charge on any atom is 0.236 e. The van der Waals surface area contributed by atoms with Crippen molar-refractivity contribution in [2.75, 3.05) is 20.6 Å². The second kappa shape index (κ2) is 6.80. The first kappa shape index (κ1) is 14.4. The van der Waals surface area contributed by atoms with Gasteiger partial charge in [-0.1, -0.05) is 20.8 Å². The fourth-order valence-corrected chi connectivity index (χ4v) is 1.54. The van der Waals surface area contributed by atoms with Crippen LogP contribution in [-0.4, -0.2) is 43.5 Å². The van der Waals surface area contributed by atoms with Gasteiger partial charge in [0.05, 0.1) is 6.04 Å². The van der Waals surface area contributed by atoms with Crippen LogP contribution in [0.25, 0.3) is 0 Å². The van der Waals surface area contributed by atoms with E-state index in [0.717, 1.165) is 0 Å². The number of amides is 1. The van der Waals surface area contributed by atoms with E-state index in [4.69, 9.17) is 5.73 Å². The highest BCUT2D eigenvalue weighted by Crippen LogP contribution is 2.05. The molecule has 0 aliphatic rings. The summed E-state index contributed by atoms with van der Waals surface area (Å²) in [6.45, 7) is 6.88. The monoisotopic (exact) mass is 215 g/mol. The number of nitrogens with zero attached hydrogens (tertiary/aromatic N) is 1. The van der Waals surface area contributed by atoms with Gasteiger partial charge in [-0.05, 0) is 26.4 Å². The molecular formula is C11H25N3O.